The first kappa shape index (κ1) is 9.77. The van der Waals surface area contributed by atoms with Crippen molar-refractivity contribution in [3.63, 3.8) is 0 Å². The van der Waals surface area contributed by atoms with Crippen molar-refractivity contribution < 1.29 is 0 Å². The lowest BCUT2D eigenvalue weighted by atomic mass is 10.1. The summed E-state index contributed by atoms with van der Waals surface area (Å²) in [5, 5.41) is 0. The molecule has 0 N–H and O–H groups in total. The summed E-state index contributed by atoms with van der Waals surface area (Å²) in [6.07, 6.45) is 2.52. The molecule has 0 aliphatic heterocycles. The van der Waals surface area contributed by atoms with Gasteiger partial charge in [0.25, 0.3) is 0 Å². The second-order valence-corrected chi connectivity index (χ2v) is 4.62. The maximum atomic E-state index is 2.42. The molecule has 11 heavy (non-hydrogen) atoms. The van der Waals surface area contributed by atoms with E-state index in [0.717, 1.165) is 0 Å². The Kier molecular flexibility index (Phi) is 4.75. The van der Waals surface area contributed by atoms with Crippen LogP contribution < -0.4 is 0 Å². The minimum Gasteiger partial charge on any atom is -0.0864 e. The standard InChI is InChI=1S/C9H10I2/c10-7-3-5-8-4-1-2-6-9(8)11/h1-2,4,6H,3,5,7H2. The molecule has 1 aromatic rings. The number of alkyl halides is 1. The molecule has 0 nitrogen and oxygen atoms in total. The van der Waals surface area contributed by atoms with Crippen LogP contribution in [-0.4, -0.2) is 4.43 Å². The molecule has 0 radical (unpaired) electrons. The van der Waals surface area contributed by atoms with Gasteiger partial charge in [0.2, 0.25) is 0 Å². The zero-order chi connectivity index (χ0) is 8.10. The van der Waals surface area contributed by atoms with Gasteiger partial charge in [0.1, 0.15) is 0 Å². The lowest BCUT2D eigenvalue weighted by Crippen LogP contribution is -1.88. The van der Waals surface area contributed by atoms with E-state index >= 15 is 0 Å². The fourth-order valence-corrected chi connectivity index (χ4v) is 2.00. The lowest BCUT2D eigenvalue weighted by Gasteiger charge is -2.00. The predicted octanol–water partition coefficient (Wildman–Crippen LogP) is 3.66. The van der Waals surface area contributed by atoms with Crippen molar-refractivity contribution in [2.75, 3.05) is 4.43 Å². The Bertz CT molecular complexity index is 221. The monoisotopic (exact) mass is 372 g/mol. The maximum absolute atomic E-state index is 2.42. The molecule has 0 heterocycles. The number of hydrogen-bond donors (Lipinski definition) is 0. The Morgan fingerprint density at radius 2 is 1.91 bits per heavy atom. The van der Waals surface area contributed by atoms with Crippen molar-refractivity contribution in [2.45, 2.75) is 12.8 Å². The number of benzene rings is 1. The normalized spacial score (nSPS) is 10.0. The van der Waals surface area contributed by atoms with Crippen LogP contribution in [0.4, 0.5) is 0 Å². The summed E-state index contributed by atoms with van der Waals surface area (Å²) < 4.78 is 2.65. The van der Waals surface area contributed by atoms with E-state index in [1.54, 1.807) is 0 Å². The molecular formula is C9H10I2. The summed E-state index contributed by atoms with van der Waals surface area (Å²) in [5.41, 5.74) is 1.49. The SMILES string of the molecule is ICCCc1ccccc1I. The van der Waals surface area contributed by atoms with Crippen molar-refractivity contribution >= 4 is 45.2 Å². The molecule has 0 aliphatic rings. The third kappa shape index (κ3) is 3.27. The van der Waals surface area contributed by atoms with Gasteiger partial charge in [-0.15, -0.1) is 0 Å². The summed E-state index contributed by atoms with van der Waals surface area (Å²) in [7, 11) is 0. The first-order valence-electron chi connectivity index (χ1n) is 3.64. The molecule has 0 bridgehead atoms. The molecule has 0 atom stereocenters. The molecule has 1 rings (SSSR count). The van der Waals surface area contributed by atoms with Crippen LogP contribution in [0.15, 0.2) is 24.3 Å². The predicted molar refractivity (Wildman–Crippen MR) is 66.4 cm³/mol. The van der Waals surface area contributed by atoms with E-state index in [9.17, 15) is 0 Å². The lowest BCUT2D eigenvalue weighted by molar-refractivity contribution is 0.940. The molecule has 60 valence electrons. The van der Waals surface area contributed by atoms with Crippen LogP contribution in [0.2, 0.25) is 0 Å². The van der Waals surface area contributed by atoms with Crippen LogP contribution in [0.25, 0.3) is 0 Å². The van der Waals surface area contributed by atoms with Gasteiger partial charge in [-0.1, -0.05) is 40.8 Å². The van der Waals surface area contributed by atoms with E-state index in [1.807, 2.05) is 0 Å². The van der Waals surface area contributed by atoms with Gasteiger partial charge < -0.3 is 0 Å². The van der Waals surface area contributed by atoms with E-state index < -0.39 is 0 Å². The van der Waals surface area contributed by atoms with Crippen LogP contribution in [0, 0.1) is 3.57 Å². The smallest absolute Gasteiger partial charge is 0.0162 e. The topological polar surface area (TPSA) is 0 Å². The van der Waals surface area contributed by atoms with Gasteiger partial charge >= 0.3 is 0 Å². The van der Waals surface area contributed by atoms with Gasteiger partial charge in [0.05, 0.1) is 0 Å². The van der Waals surface area contributed by atoms with Crippen molar-refractivity contribution in [3.05, 3.63) is 33.4 Å². The number of hydrogen-bond acceptors (Lipinski definition) is 0. The molecule has 1 aromatic carbocycles. The summed E-state index contributed by atoms with van der Waals surface area (Å²) >= 11 is 4.82. The Morgan fingerprint density at radius 3 is 2.55 bits per heavy atom. The number of rotatable bonds is 3. The largest absolute Gasteiger partial charge is 0.0864 e. The molecule has 0 saturated carbocycles. The van der Waals surface area contributed by atoms with Gasteiger partial charge in [-0.25, -0.2) is 0 Å². The molecule has 0 amide bonds. The fraction of sp³-hybridized carbons (Fsp3) is 0.333. The molecule has 0 aliphatic carbocycles. The zero-order valence-corrected chi connectivity index (χ0v) is 10.5. The Balaban J connectivity index is 2.62. The first-order valence-corrected chi connectivity index (χ1v) is 6.24. The van der Waals surface area contributed by atoms with Gasteiger partial charge in [-0.3, -0.25) is 0 Å². The van der Waals surface area contributed by atoms with Crippen LogP contribution in [0.1, 0.15) is 12.0 Å². The van der Waals surface area contributed by atoms with E-state index in [2.05, 4.69) is 69.4 Å². The second kappa shape index (κ2) is 5.35. The van der Waals surface area contributed by atoms with Crippen molar-refractivity contribution in [2.24, 2.45) is 0 Å². The third-order valence-electron chi connectivity index (χ3n) is 1.54. The summed E-state index contributed by atoms with van der Waals surface area (Å²) in [6.45, 7) is 0. The van der Waals surface area contributed by atoms with Crippen molar-refractivity contribution in [1.82, 2.24) is 0 Å². The minimum atomic E-state index is 1.22. The molecule has 0 spiro atoms. The van der Waals surface area contributed by atoms with Gasteiger partial charge in [0, 0.05) is 3.57 Å². The maximum Gasteiger partial charge on any atom is 0.0162 e. The minimum absolute atomic E-state index is 1.22. The zero-order valence-electron chi connectivity index (χ0n) is 6.19. The number of aryl methyl sites for hydroxylation is 1. The van der Waals surface area contributed by atoms with Crippen LogP contribution in [0.3, 0.4) is 0 Å². The van der Waals surface area contributed by atoms with E-state index in [1.165, 1.54) is 26.4 Å². The van der Waals surface area contributed by atoms with E-state index in [4.69, 9.17) is 0 Å². The van der Waals surface area contributed by atoms with Crippen LogP contribution >= 0.6 is 45.2 Å². The summed E-state index contributed by atoms with van der Waals surface area (Å²) in [4.78, 5) is 0. The second-order valence-electron chi connectivity index (χ2n) is 2.38. The Labute approximate surface area is 95.0 Å². The average Bonchev–Trinajstić information content (AvgIpc) is 2.03. The number of halogens is 2. The highest BCUT2D eigenvalue weighted by Crippen LogP contribution is 2.13. The van der Waals surface area contributed by atoms with Crippen LogP contribution in [0.5, 0.6) is 0 Å². The average molecular weight is 372 g/mol. The van der Waals surface area contributed by atoms with Crippen molar-refractivity contribution in [1.29, 1.82) is 0 Å². The van der Waals surface area contributed by atoms with Gasteiger partial charge in [0.15, 0.2) is 0 Å². The van der Waals surface area contributed by atoms with Crippen LogP contribution in [-0.2, 0) is 6.42 Å². The van der Waals surface area contributed by atoms with E-state index in [-0.39, 0.29) is 0 Å². The molecule has 0 unspecified atom stereocenters. The summed E-state index contributed by atoms with van der Waals surface area (Å²) in [6, 6.07) is 8.59. The highest BCUT2D eigenvalue weighted by atomic mass is 127. The highest BCUT2D eigenvalue weighted by molar-refractivity contribution is 14.1. The van der Waals surface area contributed by atoms with Gasteiger partial charge in [-0.05, 0) is 51.5 Å². The quantitative estimate of drug-likeness (QED) is 0.562. The fourth-order valence-electron chi connectivity index (χ4n) is 0.958. The van der Waals surface area contributed by atoms with Gasteiger partial charge in [-0.2, -0.15) is 0 Å². The first-order chi connectivity index (χ1) is 5.34. The highest BCUT2D eigenvalue weighted by Gasteiger charge is 1.95. The molecule has 0 fully saturated rings. The van der Waals surface area contributed by atoms with Crippen molar-refractivity contribution in [3.8, 4) is 0 Å². The van der Waals surface area contributed by atoms with E-state index in [0.29, 0.717) is 0 Å². The molecular weight excluding hydrogens is 362 g/mol. The molecule has 2 heteroatoms. The summed E-state index contributed by atoms with van der Waals surface area (Å²) in [5.74, 6) is 0. The molecule has 0 saturated heterocycles. The molecule has 0 aromatic heterocycles. The Hall–Kier alpha value is 0.680. The third-order valence-corrected chi connectivity index (χ3v) is 3.35. The Morgan fingerprint density at radius 1 is 1.18 bits per heavy atom.